The summed E-state index contributed by atoms with van der Waals surface area (Å²) in [5.74, 6) is -1.45. The highest BCUT2D eigenvalue weighted by Gasteiger charge is 2.30. The molecule has 5 atom stereocenters. The van der Waals surface area contributed by atoms with E-state index in [9.17, 15) is 43.2 Å². The van der Waals surface area contributed by atoms with Gasteiger partial charge in [-0.15, -0.1) is 0 Å². The van der Waals surface area contributed by atoms with Gasteiger partial charge in [0.1, 0.15) is 19.3 Å². The quantitative estimate of drug-likeness (QED) is 0.0169. The molecule has 0 saturated heterocycles. The fraction of sp³-hybridized carbons (Fsp3) is 0.873. The summed E-state index contributed by atoms with van der Waals surface area (Å²) in [5.41, 5.74) is 0. The number of unbranched alkanes of at least 4 members (excludes halogenated alkanes) is 30. The van der Waals surface area contributed by atoms with E-state index >= 15 is 0 Å². The number of esters is 4. The lowest BCUT2D eigenvalue weighted by molar-refractivity contribution is -0.161. The van der Waals surface area contributed by atoms with Crippen molar-refractivity contribution in [2.45, 2.75) is 310 Å². The van der Waals surface area contributed by atoms with Crippen LogP contribution in [-0.4, -0.2) is 96.7 Å². The molecule has 0 radical (unpaired) electrons. The topological polar surface area (TPSA) is 237 Å². The Morgan fingerprint density at radius 1 is 0.378 bits per heavy atom. The van der Waals surface area contributed by atoms with Crippen LogP contribution in [0.4, 0.5) is 0 Å². The van der Waals surface area contributed by atoms with Crippen LogP contribution in [0.25, 0.3) is 0 Å². The Kier molecular flexibility index (Phi) is 54.7. The van der Waals surface area contributed by atoms with E-state index in [1.165, 1.54) is 89.9 Å². The molecule has 0 aliphatic heterocycles. The second-order valence-corrected chi connectivity index (χ2v) is 25.5. The molecule has 19 heteroatoms. The van der Waals surface area contributed by atoms with Gasteiger partial charge in [0.05, 0.1) is 26.4 Å². The third-order valence-corrected chi connectivity index (χ3v) is 15.8. The summed E-state index contributed by atoms with van der Waals surface area (Å²) in [5, 5.41) is 10.5. The van der Waals surface area contributed by atoms with Gasteiger partial charge in [-0.25, -0.2) is 9.13 Å². The first-order chi connectivity index (χ1) is 39.5. The summed E-state index contributed by atoms with van der Waals surface area (Å²) in [7, 11) is -9.89. The molecule has 0 saturated carbocycles. The lowest BCUT2D eigenvalue weighted by Gasteiger charge is -2.21. The number of hydrogen-bond donors (Lipinski definition) is 3. The first kappa shape index (κ1) is 79.5. The van der Waals surface area contributed by atoms with Gasteiger partial charge in [-0.2, -0.15) is 0 Å². The number of carbonyl (C=O) groups is 4. The SMILES string of the molecule is CCCCCC/C=C\C=C/CCCCCCCC(=O)O[C@H](COC(=O)CCCCCCCCCCC(C)C)COP(=O)(O)OC[C@@H](O)COP(=O)(O)OC[C@@H](COC(=O)CCCCCCC)OC(=O)CCCCCCCCCCCCC. The molecule has 17 nitrogen and oxygen atoms in total. The average molecular weight is 1210 g/mol. The fourth-order valence-corrected chi connectivity index (χ4v) is 10.4. The maximum atomic E-state index is 13.0. The molecule has 0 fully saturated rings. The number of phosphoric acid groups is 2. The van der Waals surface area contributed by atoms with Crippen molar-refractivity contribution < 1.29 is 80.2 Å². The number of allylic oxidation sites excluding steroid dienone is 4. The molecule has 0 aromatic carbocycles. The van der Waals surface area contributed by atoms with Crippen molar-refractivity contribution in [1.82, 2.24) is 0 Å². The second kappa shape index (κ2) is 56.4. The Labute approximate surface area is 497 Å². The van der Waals surface area contributed by atoms with Crippen LogP contribution >= 0.6 is 15.6 Å². The Bertz CT molecular complexity index is 1690. The molecule has 2 unspecified atom stereocenters. The van der Waals surface area contributed by atoms with Crippen LogP contribution in [0.2, 0.25) is 0 Å². The summed E-state index contributed by atoms with van der Waals surface area (Å²) in [4.78, 5) is 71.9. The maximum absolute atomic E-state index is 13.0. The van der Waals surface area contributed by atoms with Crippen LogP contribution in [0.5, 0.6) is 0 Å². The molecule has 3 N–H and O–H groups in total. The van der Waals surface area contributed by atoms with E-state index in [2.05, 4.69) is 58.9 Å². The lowest BCUT2D eigenvalue weighted by atomic mass is 10.0. The number of aliphatic hydroxyl groups is 1. The summed E-state index contributed by atoms with van der Waals surface area (Å²) in [6.45, 7) is 6.99. The first-order valence-electron chi connectivity index (χ1n) is 32.5. The van der Waals surface area contributed by atoms with Crippen LogP contribution in [0.15, 0.2) is 24.3 Å². The van der Waals surface area contributed by atoms with Gasteiger partial charge in [0, 0.05) is 25.7 Å². The van der Waals surface area contributed by atoms with Crippen LogP contribution in [-0.2, 0) is 65.4 Å². The maximum Gasteiger partial charge on any atom is 0.472 e. The zero-order valence-electron chi connectivity index (χ0n) is 52.1. The van der Waals surface area contributed by atoms with E-state index in [0.717, 1.165) is 121 Å². The molecule has 0 aromatic heterocycles. The summed E-state index contributed by atoms with van der Waals surface area (Å²) in [6, 6.07) is 0. The van der Waals surface area contributed by atoms with Gasteiger partial charge in [-0.05, 0) is 57.3 Å². The molecule has 0 heterocycles. The monoisotopic (exact) mass is 1210 g/mol. The van der Waals surface area contributed by atoms with E-state index in [0.29, 0.717) is 25.7 Å². The third-order valence-electron chi connectivity index (χ3n) is 13.9. The minimum Gasteiger partial charge on any atom is -0.462 e. The highest BCUT2D eigenvalue weighted by molar-refractivity contribution is 7.47. The first-order valence-corrected chi connectivity index (χ1v) is 35.4. The standard InChI is InChI=1S/C63H118O17P2/c1-6-9-12-15-17-19-21-22-23-24-26-28-34-39-44-49-63(68)80-59(53-74-61(66)47-42-37-32-30-29-31-36-40-45-56(4)5)55-78-82(71,72)76-51-57(64)50-75-81(69,70)77-54-58(52-73-60(65)46-41-35-14-11-8-3)79-62(67)48-43-38-33-27-25-20-18-16-13-10-7-2/h19,21-23,56-59,64H,6-18,20,24-55H2,1-5H3,(H,69,70)(H,71,72)/b21-19-,23-22-/t57-,58+,59+/m0/s1. The molecule has 82 heavy (non-hydrogen) atoms. The van der Waals surface area contributed by atoms with Gasteiger partial charge < -0.3 is 33.8 Å². The predicted molar refractivity (Wildman–Crippen MR) is 326 cm³/mol. The number of carbonyl (C=O) groups excluding carboxylic acids is 4. The molecule has 482 valence electrons. The van der Waals surface area contributed by atoms with Crippen LogP contribution < -0.4 is 0 Å². The molecular weight excluding hydrogens is 1090 g/mol. The van der Waals surface area contributed by atoms with E-state index in [4.69, 9.17) is 37.0 Å². The molecule has 0 amide bonds. The van der Waals surface area contributed by atoms with E-state index in [1.54, 1.807) is 0 Å². The van der Waals surface area contributed by atoms with Gasteiger partial charge >= 0.3 is 39.5 Å². The molecule has 0 spiro atoms. The van der Waals surface area contributed by atoms with E-state index in [-0.39, 0.29) is 25.7 Å². The molecular formula is C63H118O17P2. The summed E-state index contributed by atoms with van der Waals surface area (Å²) >= 11 is 0. The van der Waals surface area contributed by atoms with Gasteiger partial charge in [0.25, 0.3) is 0 Å². The van der Waals surface area contributed by atoms with Crippen LogP contribution in [0.1, 0.15) is 291 Å². The van der Waals surface area contributed by atoms with Crippen molar-refractivity contribution in [2.75, 3.05) is 39.6 Å². The Balaban J connectivity index is 5.22. The summed E-state index contributed by atoms with van der Waals surface area (Å²) in [6.07, 6.45) is 42.9. The van der Waals surface area contributed by atoms with Crippen LogP contribution in [0, 0.1) is 5.92 Å². The zero-order valence-corrected chi connectivity index (χ0v) is 53.9. The fourth-order valence-electron chi connectivity index (χ4n) is 8.87. The number of ether oxygens (including phenoxy) is 4. The van der Waals surface area contributed by atoms with Crippen molar-refractivity contribution in [2.24, 2.45) is 5.92 Å². The minimum absolute atomic E-state index is 0.0843. The van der Waals surface area contributed by atoms with Gasteiger partial charge in [-0.3, -0.25) is 37.3 Å². The average Bonchev–Trinajstić information content (AvgIpc) is 3.44. The Morgan fingerprint density at radius 2 is 0.659 bits per heavy atom. The number of hydrogen-bond acceptors (Lipinski definition) is 15. The van der Waals surface area contributed by atoms with Crippen molar-refractivity contribution in [1.29, 1.82) is 0 Å². The molecule has 0 aliphatic carbocycles. The highest BCUT2D eigenvalue weighted by atomic mass is 31.2. The van der Waals surface area contributed by atoms with E-state index in [1.807, 2.05) is 0 Å². The lowest BCUT2D eigenvalue weighted by Crippen LogP contribution is -2.30. The van der Waals surface area contributed by atoms with E-state index < -0.39 is 97.5 Å². The Morgan fingerprint density at radius 3 is 1.00 bits per heavy atom. The van der Waals surface area contributed by atoms with Crippen molar-refractivity contribution in [3.05, 3.63) is 24.3 Å². The predicted octanol–water partition coefficient (Wildman–Crippen LogP) is 17.0. The number of phosphoric ester groups is 2. The number of rotatable bonds is 61. The van der Waals surface area contributed by atoms with Crippen LogP contribution in [0.3, 0.4) is 0 Å². The highest BCUT2D eigenvalue weighted by Crippen LogP contribution is 2.45. The minimum atomic E-state index is -4.95. The molecule has 0 rings (SSSR count). The van der Waals surface area contributed by atoms with Gasteiger partial charge in [0.15, 0.2) is 12.2 Å². The molecule has 0 aliphatic rings. The number of aliphatic hydroxyl groups excluding tert-OH is 1. The second-order valence-electron chi connectivity index (χ2n) is 22.6. The summed E-state index contributed by atoms with van der Waals surface area (Å²) < 4.78 is 67.7. The molecule has 0 aromatic rings. The van der Waals surface area contributed by atoms with Gasteiger partial charge in [-0.1, -0.05) is 239 Å². The Hall–Kier alpha value is -2.46. The third kappa shape index (κ3) is 56.7. The normalized spacial score (nSPS) is 14.5. The largest absolute Gasteiger partial charge is 0.472 e. The zero-order chi connectivity index (χ0) is 60.6. The van der Waals surface area contributed by atoms with Crippen molar-refractivity contribution in [3.8, 4) is 0 Å². The smallest absolute Gasteiger partial charge is 0.462 e. The van der Waals surface area contributed by atoms with Crippen molar-refractivity contribution >= 4 is 39.5 Å². The van der Waals surface area contributed by atoms with Crippen molar-refractivity contribution in [3.63, 3.8) is 0 Å². The van der Waals surface area contributed by atoms with Gasteiger partial charge in [0.2, 0.25) is 0 Å². The molecule has 0 bridgehead atoms.